The van der Waals surface area contributed by atoms with Crippen LogP contribution in [0.1, 0.15) is 40.3 Å². The number of benzene rings is 3. The van der Waals surface area contributed by atoms with Gasteiger partial charge in [0.1, 0.15) is 11.3 Å². The monoisotopic (exact) mass is 536 g/mol. The molecule has 0 aromatic heterocycles. The largest absolute Gasteiger partial charge is 0.494 e. The highest BCUT2D eigenvalue weighted by Gasteiger charge is 2.37. The lowest BCUT2D eigenvalue weighted by atomic mass is 9.98. The number of aryl methyl sites for hydroxylation is 2. The van der Waals surface area contributed by atoms with Crippen molar-refractivity contribution in [2.75, 3.05) is 11.5 Å². The van der Waals surface area contributed by atoms with Gasteiger partial charge in [-0.1, -0.05) is 58.6 Å². The van der Waals surface area contributed by atoms with Crippen molar-refractivity contribution < 1.29 is 19.1 Å². The first-order valence-electron chi connectivity index (χ1n) is 11.8. The predicted octanol–water partition coefficient (Wildman–Crippen LogP) is 6.57. The second-order valence-electron chi connectivity index (χ2n) is 8.93. The fourth-order valence-corrected chi connectivity index (χ4v) is 4.88. The van der Waals surface area contributed by atoms with E-state index in [9.17, 15) is 14.4 Å². The summed E-state index contributed by atoms with van der Waals surface area (Å²) in [5.41, 5.74) is 5.33. The molecule has 0 spiro atoms. The molecular formula is C29H26Cl2N2O4. The lowest BCUT2D eigenvalue weighted by Crippen LogP contribution is -2.54. The number of amides is 4. The van der Waals surface area contributed by atoms with E-state index < -0.39 is 17.8 Å². The summed E-state index contributed by atoms with van der Waals surface area (Å²) in [5, 5.41) is 3.08. The molecule has 1 aliphatic rings. The lowest BCUT2D eigenvalue weighted by molar-refractivity contribution is -0.122. The third-order valence-electron chi connectivity index (χ3n) is 6.03. The first-order valence-corrected chi connectivity index (χ1v) is 12.5. The number of carbonyl (C=O) groups excluding carboxylic acids is 3. The minimum absolute atomic E-state index is 0.209. The average molecular weight is 537 g/mol. The maximum Gasteiger partial charge on any atom is 0.335 e. The average Bonchev–Trinajstić information content (AvgIpc) is 2.81. The number of ether oxygens (including phenoxy) is 1. The molecule has 1 fully saturated rings. The second kappa shape index (κ2) is 10.8. The van der Waals surface area contributed by atoms with Crippen molar-refractivity contribution in [1.82, 2.24) is 5.32 Å². The maximum absolute atomic E-state index is 13.4. The third kappa shape index (κ3) is 5.55. The number of hydrogen-bond donors (Lipinski definition) is 1. The van der Waals surface area contributed by atoms with Crippen LogP contribution in [0.15, 0.2) is 54.1 Å². The second-order valence-corrected chi connectivity index (χ2v) is 9.74. The molecule has 190 valence electrons. The molecule has 37 heavy (non-hydrogen) atoms. The number of halogens is 2. The molecule has 1 heterocycles. The number of imide groups is 2. The normalized spacial score (nSPS) is 14.8. The van der Waals surface area contributed by atoms with Crippen LogP contribution in [0, 0.1) is 20.8 Å². The topological polar surface area (TPSA) is 75.7 Å². The number of carbonyl (C=O) groups is 3. The van der Waals surface area contributed by atoms with Crippen molar-refractivity contribution >= 4 is 52.8 Å². The van der Waals surface area contributed by atoms with Gasteiger partial charge in [-0.3, -0.25) is 14.9 Å². The Morgan fingerprint density at radius 1 is 0.946 bits per heavy atom. The van der Waals surface area contributed by atoms with Gasteiger partial charge in [-0.25, -0.2) is 9.69 Å². The molecular weight excluding hydrogens is 511 g/mol. The summed E-state index contributed by atoms with van der Waals surface area (Å²) < 4.78 is 5.89. The zero-order valence-corrected chi connectivity index (χ0v) is 22.5. The minimum Gasteiger partial charge on any atom is -0.494 e. The third-order valence-corrected chi connectivity index (χ3v) is 6.78. The smallest absolute Gasteiger partial charge is 0.335 e. The Morgan fingerprint density at radius 3 is 2.32 bits per heavy atom. The van der Waals surface area contributed by atoms with Crippen molar-refractivity contribution in [1.29, 1.82) is 0 Å². The van der Waals surface area contributed by atoms with Gasteiger partial charge in [-0.2, -0.15) is 0 Å². The number of nitrogens with zero attached hydrogens (tertiary/aromatic N) is 1. The van der Waals surface area contributed by atoms with Gasteiger partial charge in [0.2, 0.25) is 0 Å². The van der Waals surface area contributed by atoms with Crippen molar-refractivity contribution in [3.63, 3.8) is 0 Å². The zero-order chi connectivity index (χ0) is 26.9. The van der Waals surface area contributed by atoms with Crippen LogP contribution in [0.4, 0.5) is 10.5 Å². The molecule has 3 aromatic carbocycles. The van der Waals surface area contributed by atoms with Crippen molar-refractivity contribution in [2.45, 2.75) is 34.1 Å². The Labute approximate surface area is 225 Å². The fourth-order valence-electron chi connectivity index (χ4n) is 4.43. The van der Waals surface area contributed by atoms with E-state index in [4.69, 9.17) is 27.9 Å². The van der Waals surface area contributed by atoms with Crippen LogP contribution < -0.4 is 15.0 Å². The SMILES string of the molecule is CCOc1cc(/C=C2\C(=O)NC(=O)N(c3cccc(Cl)c3C)C2=O)cc(Cl)c1Cc1cc(C)cc(C)c1. The molecule has 4 rings (SSSR count). The molecule has 1 aliphatic heterocycles. The molecule has 3 aromatic rings. The van der Waals surface area contributed by atoms with Crippen molar-refractivity contribution in [2.24, 2.45) is 0 Å². The zero-order valence-electron chi connectivity index (χ0n) is 20.9. The van der Waals surface area contributed by atoms with Crippen LogP contribution >= 0.6 is 23.2 Å². The summed E-state index contributed by atoms with van der Waals surface area (Å²) in [4.78, 5) is 39.5. The molecule has 8 heteroatoms. The quantitative estimate of drug-likeness (QED) is 0.285. The molecule has 0 aliphatic carbocycles. The van der Waals surface area contributed by atoms with Gasteiger partial charge in [-0.15, -0.1) is 0 Å². The molecule has 1 N–H and O–H groups in total. The number of nitrogens with one attached hydrogen (secondary N) is 1. The molecule has 1 saturated heterocycles. The summed E-state index contributed by atoms with van der Waals surface area (Å²) >= 11 is 12.9. The van der Waals surface area contributed by atoms with Crippen LogP contribution in [0.5, 0.6) is 5.75 Å². The Balaban J connectivity index is 1.74. The van der Waals surface area contributed by atoms with Gasteiger partial charge in [0, 0.05) is 22.0 Å². The molecule has 6 nitrogen and oxygen atoms in total. The fraction of sp³-hybridized carbons (Fsp3) is 0.207. The van der Waals surface area contributed by atoms with Gasteiger partial charge in [0.25, 0.3) is 11.8 Å². The van der Waals surface area contributed by atoms with Crippen LogP contribution in [0.2, 0.25) is 10.0 Å². The van der Waals surface area contributed by atoms with E-state index in [0.29, 0.717) is 45.6 Å². The van der Waals surface area contributed by atoms with Crippen LogP contribution in [0.25, 0.3) is 6.08 Å². The number of anilines is 1. The van der Waals surface area contributed by atoms with Crippen molar-refractivity contribution in [3.8, 4) is 5.75 Å². The van der Waals surface area contributed by atoms with Gasteiger partial charge in [-0.05, 0) is 74.7 Å². The van der Waals surface area contributed by atoms with E-state index in [-0.39, 0.29) is 5.57 Å². The number of rotatable bonds is 6. The van der Waals surface area contributed by atoms with E-state index in [0.717, 1.165) is 27.2 Å². The van der Waals surface area contributed by atoms with Gasteiger partial charge in [0.05, 0.1) is 12.3 Å². The summed E-state index contributed by atoms with van der Waals surface area (Å²) in [5.74, 6) is -0.991. The van der Waals surface area contributed by atoms with E-state index in [1.807, 2.05) is 20.8 Å². The van der Waals surface area contributed by atoms with Gasteiger partial charge < -0.3 is 4.74 Å². The predicted molar refractivity (Wildman–Crippen MR) is 147 cm³/mol. The van der Waals surface area contributed by atoms with E-state index in [2.05, 4.69) is 23.5 Å². The Kier molecular flexibility index (Phi) is 7.71. The van der Waals surface area contributed by atoms with Gasteiger partial charge in [0.15, 0.2) is 0 Å². The van der Waals surface area contributed by atoms with Gasteiger partial charge >= 0.3 is 6.03 Å². The van der Waals surface area contributed by atoms with Crippen LogP contribution in [-0.2, 0) is 16.0 Å². The lowest BCUT2D eigenvalue weighted by Gasteiger charge is -2.27. The minimum atomic E-state index is -0.839. The maximum atomic E-state index is 13.4. The number of urea groups is 1. The molecule has 4 amide bonds. The Bertz CT molecular complexity index is 1440. The summed E-state index contributed by atoms with van der Waals surface area (Å²) in [6, 6.07) is 13.8. The molecule has 0 atom stereocenters. The van der Waals surface area contributed by atoms with Crippen LogP contribution in [0.3, 0.4) is 0 Å². The molecule has 0 bridgehead atoms. The summed E-state index contributed by atoms with van der Waals surface area (Å²) in [7, 11) is 0. The number of barbiturate groups is 1. The van der Waals surface area contributed by atoms with E-state index in [1.165, 1.54) is 6.08 Å². The van der Waals surface area contributed by atoms with Crippen molar-refractivity contribution in [3.05, 3.63) is 97.5 Å². The number of hydrogen-bond acceptors (Lipinski definition) is 4. The standard InChI is InChI=1S/C29H26Cl2N2O4/c1-5-37-26-15-20(14-24(31)21(26)12-19-10-16(2)9-17(3)11-19)13-22-27(34)32-29(36)33(28(22)35)25-8-6-7-23(30)18(25)4/h6-11,13-15H,5,12H2,1-4H3,(H,32,34,36)/b22-13+. The molecule has 0 saturated carbocycles. The first-order chi connectivity index (χ1) is 17.6. The Morgan fingerprint density at radius 2 is 1.65 bits per heavy atom. The van der Waals surface area contributed by atoms with E-state index >= 15 is 0 Å². The Hall–Kier alpha value is -3.61. The van der Waals surface area contributed by atoms with E-state index in [1.54, 1.807) is 37.3 Å². The first kappa shape index (κ1) is 26.5. The molecule has 0 radical (unpaired) electrons. The highest BCUT2D eigenvalue weighted by atomic mass is 35.5. The van der Waals surface area contributed by atoms with Crippen LogP contribution in [-0.4, -0.2) is 24.5 Å². The summed E-state index contributed by atoms with van der Waals surface area (Å²) in [6.07, 6.45) is 1.97. The highest BCUT2D eigenvalue weighted by molar-refractivity contribution is 6.40. The summed E-state index contributed by atoms with van der Waals surface area (Å²) in [6.45, 7) is 8.06. The highest BCUT2D eigenvalue weighted by Crippen LogP contribution is 2.34. The molecule has 0 unspecified atom stereocenters.